The topological polar surface area (TPSA) is 101 Å². The summed E-state index contributed by atoms with van der Waals surface area (Å²) in [5, 5.41) is 15.7. The number of carbonyl (C=O) groups excluding carboxylic acids is 2. The van der Waals surface area contributed by atoms with Crippen molar-refractivity contribution >= 4 is 11.8 Å². The Bertz CT molecular complexity index is 828. The summed E-state index contributed by atoms with van der Waals surface area (Å²) in [5.41, 5.74) is 1.58. The van der Waals surface area contributed by atoms with Gasteiger partial charge >= 0.3 is 0 Å². The normalized spacial score (nSPS) is 17.9. The minimum Gasteiger partial charge on any atom is -0.392 e. The fourth-order valence-electron chi connectivity index (χ4n) is 2.55. The van der Waals surface area contributed by atoms with E-state index in [9.17, 15) is 19.5 Å². The van der Waals surface area contributed by atoms with E-state index in [1.54, 1.807) is 30.3 Å². The summed E-state index contributed by atoms with van der Waals surface area (Å²) in [7, 11) is 0. The molecule has 2 heterocycles. The zero-order valence-electron chi connectivity index (χ0n) is 12.2. The molecule has 0 aliphatic carbocycles. The smallest absolute Gasteiger partial charge is 0.267 e. The molecule has 118 valence electrons. The van der Waals surface area contributed by atoms with Gasteiger partial charge in [-0.2, -0.15) is 5.10 Å². The lowest BCUT2D eigenvalue weighted by Gasteiger charge is -2.22. The Morgan fingerprint density at radius 2 is 2.04 bits per heavy atom. The third kappa shape index (κ3) is 3.04. The highest BCUT2D eigenvalue weighted by atomic mass is 16.3. The van der Waals surface area contributed by atoms with Crippen LogP contribution in [-0.2, 0) is 16.2 Å². The maximum atomic E-state index is 12.0. The first kappa shape index (κ1) is 15.1. The van der Waals surface area contributed by atoms with Crippen molar-refractivity contribution in [1.29, 1.82) is 0 Å². The molecule has 1 fully saturated rings. The van der Waals surface area contributed by atoms with Crippen LogP contribution in [0.5, 0.6) is 0 Å². The number of hydrogen-bond donors (Lipinski definition) is 2. The van der Waals surface area contributed by atoms with Crippen LogP contribution in [-0.4, -0.2) is 26.7 Å². The van der Waals surface area contributed by atoms with Gasteiger partial charge in [0.2, 0.25) is 5.91 Å². The third-order valence-electron chi connectivity index (χ3n) is 3.74. The number of amides is 2. The summed E-state index contributed by atoms with van der Waals surface area (Å²) in [6.07, 6.45) is 0.423. The lowest BCUT2D eigenvalue weighted by molar-refractivity contribution is -0.136. The predicted octanol–water partition coefficient (Wildman–Crippen LogP) is 0.380. The standard InChI is InChI=1S/C16H15N3O4/c20-9-10-2-1-3-11(8-10)12-4-7-15(22)19(18-12)13-5-6-14(21)17-16(13)23/h1-4,7-8,13,20H,5-6,9H2,(H,17,21,23). The maximum absolute atomic E-state index is 12.0. The summed E-state index contributed by atoms with van der Waals surface area (Å²) in [5.74, 6) is -0.858. The van der Waals surface area contributed by atoms with E-state index in [1.807, 2.05) is 0 Å². The van der Waals surface area contributed by atoms with Crippen LogP contribution in [0.3, 0.4) is 0 Å². The van der Waals surface area contributed by atoms with Gasteiger partial charge in [-0.05, 0) is 24.1 Å². The van der Waals surface area contributed by atoms with Crippen molar-refractivity contribution in [3.63, 3.8) is 0 Å². The minimum atomic E-state index is -0.791. The first-order valence-electron chi connectivity index (χ1n) is 7.22. The molecule has 0 radical (unpaired) electrons. The molecule has 0 spiro atoms. The van der Waals surface area contributed by atoms with Gasteiger partial charge in [-0.15, -0.1) is 0 Å². The molecular formula is C16H15N3O4. The first-order valence-corrected chi connectivity index (χ1v) is 7.22. The molecule has 1 aromatic heterocycles. The number of nitrogens with one attached hydrogen (secondary N) is 1. The zero-order valence-corrected chi connectivity index (χ0v) is 12.2. The molecule has 7 nitrogen and oxygen atoms in total. The van der Waals surface area contributed by atoms with Crippen molar-refractivity contribution in [2.75, 3.05) is 0 Å². The minimum absolute atomic E-state index is 0.0966. The van der Waals surface area contributed by atoms with Crippen molar-refractivity contribution in [3.05, 3.63) is 52.3 Å². The van der Waals surface area contributed by atoms with Crippen molar-refractivity contribution in [3.8, 4) is 11.3 Å². The average molecular weight is 313 g/mol. The van der Waals surface area contributed by atoms with Crippen LogP contribution in [0.25, 0.3) is 11.3 Å². The van der Waals surface area contributed by atoms with Gasteiger partial charge in [0.25, 0.3) is 11.5 Å². The summed E-state index contributed by atoms with van der Waals surface area (Å²) in [6.45, 7) is -0.0966. The van der Waals surface area contributed by atoms with Gasteiger partial charge < -0.3 is 5.11 Å². The van der Waals surface area contributed by atoms with Gasteiger partial charge in [-0.25, -0.2) is 4.68 Å². The van der Waals surface area contributed by atoms with Gasteiger partial charge in [0.05, 0.1) is 12.3 Å². The first-order chi connectivity index (χ1) is 11.1. The molecule has 23 heavy (non-hydrogen) atoms. The molecule has 1 unspecified atom stereocenters. The van der Waals surface area contributed by atoms with Crippen LogP contribution in [0.2, 0.25) is 0 Å². The van der Waals surface area contributed by atoms with E-state index in [0.29, 0.717) is 5.69 Å². The molecular weight excluding hydrogens is 298 g/mol. The summed E-state index contributed by atoms with van der Waals surface area (Å²) in [4.78, 5) is 35.2. The Morgan fingerprint density at radius 3 is 2.78 bits per heavy atom. The molecule has 1 aliphatic rings. The van der Waals surface area contributed by atoms with Crippen LogP contribution in [0, 0.1) is 0 Å². The number of aliphatic hydroxyl groups is 1. The number of imide groups is 1. The Hall–Kier alpha value is -2.80. The molecule has 0 bridgehead atoms. The van der Waals surface area contributed by atoms with Crippen LogP contribution in [0.1, 0.15) is 24.4 Å². The molecule has 0 saturated carbocycles. The second-order valence-corrected chi connectivity index (χ2v) is 5.33. The van der Waals surface area contributed by atoms with Crippen molar-refractivity contribution < 1.29 is 14.7 Å². The summed E-state index contributed by atoms with van der Waals surface area (Å²) >= 11 is 0. The van der Waals surface area contributed by atoms with Crippen molar-refractivity contribution in [1.82, 2.24) is 15.1 Å². The van der Waals surface area contributed by atoms with E-state index >= 15 is 0 Å². The Kier molecular flexibility index (Phi) is 4.03. The van der Waals surface area contributed by atoms with Crippen LogP contribution in [0.4, 0.5) is 0 Å². The molecule has 1 saturated heterocycles. The highest BCUT2D eigenvalue weighted by molar-refractivity contribution is 5.99. The van der Waals surface area contributed by atoms with Gasteiger partial charge in [0, 0.05) is 18.1 Å². The van der Waals surface area contributed by atoms with Crippen molar-refractivity contribution in [2.45, 2.75) is 25.5 Å². The molecule has 1 aliphatic heterocycles. The number of piperidine rings is 1. The highest BCUT2D eigenvalue weighted by Crippen LogP contribution is 2.20. The fraction of sp³-hybridized carbons (Fsp3) is 0.250. The second-order valence-electron chi connectivity index (χ2n) is 5.33. The Balaban J connectivity index is 2.01. The lowest BCUT2D eigenvalue weighted by Crippen LogP contribution is -2.45. The Morgan fingerprint density at radius 1 is 1.22 bits per heavy atom. The van der Waals surface area contributed by atoms with Gasteiger partial charge in [-0.3, -0.25) is 19.7 Å². The number of hydrogen-bond acceptors (Lipinski definition) is 5. The fourth-order valence-corrected chi connectivity index (χ4v) is 2.55. The SMILES string of the molecule is O=C1CCC(n2nc(-c3cccc(CO)c3)ccc2=O)C(=O)N1. The van der Waals surface area contributed by atoms with Crippen LogP contribution < -0.4 is 10.9 Å². The average Bonchev–Trinajstić information content (AvgIpc) is 2.56. The van der Waals surface area contributed by atoms with E-state index in [4.69, 9.17) is 0 Å². The van der Waals surface area contributed by atoms with E-state index in [2.05, 4.69) is 10.4 Å². The van der Waals surface area contributed by atoms with E-state index < -0.39 is 17.5 Å². The maximum Gasteiger partial charge on any atom is 0.267 e. The number of benzene rings is 1. The number of nitrogens with zero attached hydrogens (tertiary/aromatic N) is 2. The molecule has 2 aromatic rings. The lowest BCUT2D eigenvalue weighted by atomic mass is 10.1. The van der Waals surface area contributed by atoms with Crippen LogP contribution >= 0.6 is 0 Å². The van der Waals surface area contributed by atoms with Crippen molar-refractivity contribution in [2.24, 2.45) is 0 Å². The molecule has 2 N–H and O–H groups in total. The van der Waals surface area contributed by atoms with Gasteiger partial charge in [0.1, 0.15) is 6.04 Å². The molecule has 1 aromatic carbocycles. The zero-order chi connectivity index (χ0) is 16.4. The number of rotatable bonds is 3. The van der Waals surface area contributed by atoms with E-state index in [1.165, 1.54) is 6.07 Å². The summed E-state index contributed by atoms with van der Waals surface area (Å²) < 4.78 is 1.11. The van der Waals surface area contributed by atoms with E-state index in [-0.39, 0.29) is 25.4 Å². The summed E-state index contributed by atoms with van der Waals surface area (Å²) in [6, 6.07) is 9.26. The third-order valence-corrected chi connectivity index (χ3v) is 3.74. The van der Waals surface area contributed by atoms with Gasteiger partial charge in [0.15, 0.2) is 0 Å². The van der Waals surface area contributed by atoms with E-state index in [0.717, 1.165) is 15.8 Å². The molecule has 1 atom stereocenters. The predicted molar refractivity (Wildman–Crippen MR) is 81.3 cm³/mol. The number of aliphatic hydroxyl groups excluding tert-OH is 1. The largest absolute Gasteiger partial charge is 0.392 e. The van der Waals surface area contributed by atoms with Gasteiger partial charge in [-0.1, -0.05) is 18.2 Å². The molecule has 7 heteroatoms. The van der Waals surface area contributed by atoms with Crippen LogP contribution in [0.15, 0.2) is 41.2 Å². The molecule has 3 rings (SSSR count). The Labute approximate surface area is 131 Å². The quantitative estimate of drug-likeness (QED) is 0.798. The number of carbonyl (C=O) groups is 2. The second kappa shape index (κ2) is 6.13. The monoisotopic (exact) mass is 313 g/mol. The molecule has 2 amide bonds. The highest BCUT2D eigenvalue weighted by Gasteiger charge is 2.29. The number of aromatic nitrogens is 2.